The SMILES string of the molecule is CN1CCc2cc(-c3cc(C(=O)N4CCOCC4)ccn3)cnc21. The number of likely N-dealkylation sites (N-methyl/N-ethyl adjacent to an activating group) is 1. The molecule has 6 nitrogen and oxygen atoms in total. The number of hydrogen-bond acceptors (Lipinski definition) is 5. The molecule has 4 rings (SSSR count). The largest absolute Gasteiger partial charge is 0.378 e. The maximum absolute atomic E-state index is 12.6. The van der Waals surface area contributed by atoms with Gasteiger partial charge in [-0.05, 0) is 30.2 Å². The molecule has 4 heterocycles. The van der Waals surface area contributed by atoms with Crippen LogP contribution >= 0.6 is 0 Å². The third-order valence-corrected chi connectivity index (χ3v) is 4.62. The zero-order valence-corrected chi connectivity index (χ0v) is 13.7. The summed E-state index contributed by atoms with van der Waals surface area (Å²) >= 11 is 0. The number of carbonyl (C=O) groups excluding carboxylic acids is 1. The standard InChI is InChI=1S/C18H20N4O2/c1-21-5-3-13-10-15(12-20-17(13)21)16-11-14(2-4-19-16)18(23)22-6-8-24-9-7-22/h2,4,10-12H,3,5-9H2,1H3. The fourth-order valence-electron chi connectivity index (χ4n) is 3.24. The van der Waals surface area contributed by atoms with Gasteiger partial charge in [0, 0.05) is 50.2 Å². The number of carbonyl (C=O) groups is 1. The van der Waals surface area contributed by atoms with E-state index in [1.165, 1.54) is 5.56 Å². The van der Waals surface area contributed by atoms with Gasteiger partial charge in [0.2, 0.25) is 0 Å². The predicted octanol–water partition coefficient (Wildman–Crippen LogP) is 1.61. The van der Waals surface area contributed by atoms with Gasteiger partial charge in [-0.2, -0.15) is 0 Å². The lowest BCUT2D eigenvalue weighted by atomic mass is 10.1. The van der Waals surface area contributed by atoms with Crippen LogP contribution in [-0.4, -0.2) is 60.7 Å². The van der Waals surface area contributed by atoms with Crippen molar-refractivity contribution in [3.8, 4) is 11.3 Å². The molecule has 2 aliphatic heterocycles. The van der Waals surface area contributed by atoms with Crippen molar-refractivity contribution in [1.82, 2.24) is 14.9 Å². The van der Waals surface area contributed by atoms with Crippen molar-refractivity contribution in [2.75, 3.05) is 44.8 Å². The van der Waals surface area contributed by atoms with Crippen LogP contribution in [0.5, 0.6) is 0 Å². The quantitative estimate of drug-likeness (QED) is 0.840. The van der Waals surface area contributed by atoms with Crippen LogP contribution in [-0.2, 0) is 11.2 Å². The molecule has 0 atom stereocenters. The van der Waals surface area contributed by atoms with Crippen molar-refractivity contribution < 1.29 is 9.53 Å². The maximum Gasteiger partial charge on any atom is 0.254 e. The Bertz CT molecular complexity index is 771. The summed E-state index contributed by atoms with van der Waals surface area (Å²) in [4.78, 5) is 25.6. The smallest absolute Gasteiger partial charge is 0.254 e. The molecule has 1 saturated heterocycles. The van der Waals surface area contributed by atoms with Crippen molar-refractivity contribution >= 4 is 11.7 Å². The minimum absolute atomic E-state index is 0.0378. The van der Waals surface area contributed by atoms with Crippen LogP contribution in [0.25, 0.3) is 11.3 Å². The summed E-state index contributed by atoms with van der Waals surface area (Å²) in [5.41, 5.74) is 3.65. The molecule has 0 bridgehead atoms. The summed E-state index contributed by atoms with van der Waals surface area (Å²) in [5.74, 6) is 1.08. The third kappa shape index (κ3) is 2.73. The van der Waals surface area contributed by atoms with Gasteiger partial charge in [-0.15, -0.1) is 0 Å². The molecule has 0 radical (unpaired) electrons. The minimum Gasteiger partial charge on any atom is -0.378 e. The highest BCUT2D eigenvalue weighted by molar-refractivity contribution is 5.95. The first-order valence-corrected chi connectivity index (χ1v) is 8.26. The first-order chi connectivity index (χ1) is 11.7. The monoisotopic (exact) mass is 324 g/mol. The molecule has 2 aliphatic rings. The molecule has 0 aliphatic carbocycles. The van der Waals surface area contributed by atoms with Crippen LogP contribution in [0.15, 0.2) is 30.6 Å². The van der Waals surface area contributed by atoms with Crippen LogP contribution in [0.4, 0.5) is 5.82 Å². The molecular weight excluding hydrogens is 304 g/mol. The molecule has 6 heteroatoms. The summed E-state index contributed by atoms with van der Waals surface area (Å²) in [5, 5.41) is 0. The summed E-state index contributed by atoms with van der Waals surface area (Å²) in [6, 6.07) is 5.77. The Balaban J connectivity index is 1.62. The fourth-order valence-corrected chi connectivity index (χ4v) is 3.24. The van der Waals surface area contributed by atoms with Crippen molar-refractivity contribution in [3.63, 3.8) is 0 Å². The summed E-state index contributed by atoms with van der Waals surface area (Å²) in [7, 11) is 2.05. The molecule has 0 unspecified atom stereocenters. The molecule has 1 amide bonds. The Kier molecular flexibility index (Phi) is 3.90. The number of hydrogen-bond donors (Lipinski definition) is 0. The number of aromatic nitrogens is 2. The number of morpholine rings is 1. The van der Waals surface area contributed by atoms with E-state index in [1.807, 2.05) is 17.2 Å². The number of fused-ring (bicyclic) bond motifs is 1. The molecular formula is C18H20N4O2. The number of rotatable bonds is 2. The van der Waals surface area contributed by atoms with E-state index in [-0.39, 0.29) is 5.91 Å². The topological polar surface area (TPSA) is 58.6 Å². The molecule has 2 aromatic heterocycles. The van der Waals surface area contributed by atoms with E-state index >= 15 is 0 Å². The molecule has 0 N–H and O–H groups in total. The Morgan fingerprint density at radius 2 is 2.00 bits per heavy atom. The van der Waals surface area contributed by atoms with E-state index in [9.17, 15) is 4.79 Å². The zero-order valence-electron chi connectivity index (χ0n) is 13.7. The fraction of sp³-hybridized carbons (Fsp3) is 0.389. The van der Waals surface area contributed by atoms with Gasteiger partial charge in [-0.25, -0.2) is 4.98 Å². The molecule has 2 aromatic rings. The number of nitrogens with zero attached hydrogens (tertiary/aromatic N) is 4. The average molecular weight is 324 g/mol. The molecule has 0 aromatic carbocycles. The van der Waals surface area contributed by atoms with Gasteiger partial charge in [0.15, 0.2) is 0 Å². The normalized spacial score (nSPS) is 17.0. The average Bonchev–Trinajstić information content (AvgIpc) is 3.02. The Hall–Kier alpha value is -2.47. The number of ether oxygens (including phenoxy) is 1. The number of amides is 1. The first-order valence-electron chi connectivity index (χ1n) is 8.26. The Morgan fingerprint density at radius 1 is 1.17 bits per heavy atom. The third-order valence-electron chi connectivity index (χ3n) is 4.62. The van der Waals surface area contributed by atoms with Gasteiger partial charge in [-0.3, -0.25) is 9.78 Å². The molecule has 124 valence electrons. The Labute approximate surface area is 141 Å². The zero-order chi connectivity index (χ0) is 16.5. The minimum atomic E-state index is 0.0378. The second kappa shape index (κ2) is 6.20. The van der Waals surface area contributed by atoms with Gasteiger partial charge in [0.05, 0.1) is 18.9 Å². The van der Waals surface area contributed by atoms with Crippen molar-refractivity contribution in [1.29, 1.82) is 0 Å². The number of anilines is 1. The highest BCUT2D eigenvalue weighted by atomic mass is 16.5. The lowest BCUT2D eigenvalue weighted by Crippen LogP contribution is -2.40. The van der Waals surface area contributed by atoms with Crippen LogP contribution < -0.4 is 4.90 Å². The lowest BCUT2D eigenvalue weighted by Gasteiger charge is -2.26. The summed E-state index contributed by atoms with van der Waals surface area (Å²) in [6.45, 7) is 3.49. The van der Waals surface area contributed by atoms with E-state index < -0.39 is 0 Å². The van der Waals surface area contributed by atoms with E-state index in [2.05, 4.69) is 28.0 Å². The lowest BCUT2D eigenvalue weighted by molar-refractivity contribution is 0.0303. The molecule has 0 spiro atoms. The Morgan fingerprint density at radius 3 is 2.83 bits per heavy atom. The van der Waals surface area contributed by atoms with E-state index in [4.69, 9.17) is 4.74 Å². The van der Waals surface area contributed by atoms with Crippen LogP contribution in [0.2, 0.25) is 0 Å². The van der Waals surface area contributed by atoms with E-state index in [1.54, 1.807) is 12.3 Å². The molecule has 1 fully saturated rings. The molecule has 0 saturated carbocycles. The predicted molar refractivity (Wildman–Crippen MR) is 91.2 cm³/mol. The van der Waals surface area contributed by atoms with E-state index in [0.29, 0.717) is 31.9 Å². The second-order valence-electron chi connectivity index (χ2n) is 6.21. The van der Waals surface area contributed by atoms with Crippen LogP contribution in [0.1, 0.15) is 15.9 Å². The van der Waals surface area contributed by atoms with Gasteiger partial charge in [-0.1, -0.05) is 0 Å². The van der Waals surface area contributed by atoms with Gasteiger partial charge in [0.25, 0.3) is 5.91 Å². The molecule has 24 heavy (non-hydrogen) atoms. The maximum atomic E-state index is 12.6. The van der Waals surface area contributed by atoms with Crippen molar-refractivity contribution in [2.24, 2.45) is 0 Å². The van der Waals surface area contributed by atoms with Gasteiger partial charge >= 0.3 is 0 Å². The summed E-state index contributed by atoms with van der Waals surface area (Å²) in [6.07, 6.45) is 4.54. The van der Waals surface area contributed by atoms with Crippen LogP contribution in [0, 0.1) is 0 Å². The van der Waals surface area contributed by atoms with Crippen molar-refractivity contribution in [2.45, 2.75) is 6.42 Å². The van der Waals surface area contributed by atoms with Gasteiger partial charge in [0.1, 0.15) is 5.82 Å². The van der Waals surface area contributed by atoms with Crippen LogP contribution in [0.3, 0.4) is 0 Å². The van der Waals surface area contributed by atoms with Crippen molar-refractivity contribution in [3.05, 3.63) is 41.7 Å². The van der Waals surface area contributed by atoms with Gasteiger partial charge < -0.3 is 14.5 Å². The van der Waals surface area contributed by atoms with E-state index in [0.717, 1.165) is 30.0 Å². The first kappa shape index (κ1) is 15.1. The number of pyridine rings is 2. The summed E-state index contributed by atoms with van der Waals surface area (Å²) < 4.78 is 5.31. The highest BCUT2D eigenvalue weighted by Crippen LogP contribution is 2.28. The second-order valence-corrected chi connectivity index (χ2v) is 6.21. The highest BCUT2D eigenvalue weighted by Gasteiger charge is 2.20.